The van der Waals surface area contributed by atoms with E-state index in [-0.39, 0.29) is 0 Å². The van der Waals surface area contributed by atoms with Gasteiger partial charge in [-0.2, -0.15) is 26.3 Å². The smallest absolute Gasteiger partial charge is 0.171 e. The third-order valence-corrected chi connectivity index (χ3v) is 1.04. The van der Waals surface area contributed by atoms with Crippen molar-refractivity contribution in [1.82, 2.24) is 0 Å². The van der Waals surface area contributed by atoms with Gasteiger partial charge in [0.1, 0.15) is 0 Å². The fourth-order valence-electron chi connectivity index (χ4n) is 0.727. The van der Waals surface area contributed by atoms with Crippen LogP contribution in [-0.4, -0.2) is 12.4 Å². The minimum absolute atomic E-state index is 1.49. The van der Waals surface area contributed by atoms with E-state index < -0.39 is 31.1 Å². The van der Waals surface area contributed by atoms with Crippen molar-refractivity contribution >= 4 is 0 Å². The van der Waals surface area contributed by atoms with Gasteiger partial charge in [-0.15, -0.1) is 0 Å². The lowest BCUT2D eigenvalue weighted by molar-refractivity contribution is -0.167. The van der Waals surface area contributed by atoms with Crippen LogP contribution in [0.15, 0.2) is 0 Å². The molecule has 0 aliphatic rings. The molecule has 1 radical (unpaired) electrons. The van der Waals surface area contributed by atoms with Gasteiger partial charge >= 0.3 is 12.4 Å². The summed E-state index contributed by atoms with van der Waals surface area (Å²) in [6.45, 7) is 2.77. The van der Waals surface area contributed by atoms with E-state index in [0.29, 0.717) is 0 Å². The summed E-state index contributed by atoms with van der Waals surface area (Å²) < 4.78 is 68.8. The Hall–Kier alpha value is -0.420. The van der Waals surface area contributed by atoms with Crippen LogP contribution in [0.4, 0.5) is 26.3 Å². The summed E-state index contributed by atoms with van der Waals surface area (Å²) in [7, 11) is 0. The number of hydrogen-bond donors (Lipinski definition) is 0. The number of halogens is 6. The molecule has 0 unspecified atom stereocenters. The standard InChI is InChI=1S/C6H7F6/c1-4(2-5(7,8)9)3-6(10,11)12/h4H,1-3H2. The molecule has 0 aliphatic carbocycles. The first-order valence-electron chi connectivity index (χ1n) is 3.07. The normalized spacial score (nSPS) is 14.0. The Balaban J connectivity index is 3.83. The number of alkyl halides is 6. The second-order valence-electron chi connectivity index (χ2n) is 2.50. The first-order chi connectivity index (χ1) is 5.10. The SMILES string of the molecule is [CH2]C(CC(F)(F)F)CC(F)(F)F. The van der Waals surface area contributed by atoms with Gasteiger partial charge in [0.05, 0.1) is 0 Å². The molecular formula is C6H7F6. The maximum absolute atomic E-state index is 11.5. The largest absolute Gasteiger partial charge is 0.389 e. The Morgan fingerprint density at radius 1 is 0.833 bits per heavy atom. The summed E-state index contributed by atoms with van der Waals surface area (Å²) in [4.78, 5) is 0. The zero-order chi connectivity index (χ0) is 9.99. The molecule has 0 aromatic carbocycles. The van der Waals surface area contributed by atoms with Gasteiger partial charge < -0.3 is 0 Å². The predicted molar refractivity (Wildman–Crippen MR) is 30.2 cm³/mol. The van der Waals surface area contributed by atoms with E-state index in [2.05, 4.69) is 6.92 Å². The quantitative estimate of drug-likeness (QED) is 0.590. The molecule has 0 saturated heterocycles. The summed E-state index contributed by atoms with van der Waals surface area (Å²) in [5.74, 6) is -1.65. The molecule has 0 atom stereocenters. The number of hydrogen-bond acceptors (Lipinski definition) is 0. The predicted octanol–water partition coefficient (Wildman–Crippen LogP) is 3.34. The molecule has 0 fully saturated rings. The lowest BCUT2D eigenvalue weighted by atomic mass is 10.0. The molecule has 6 heteroatoms. The Labute approximate surface area is 65.6 Å². The van der Waals surface area contributed by atoms with Crippen LogP contribution < -0.4 is 0 Å². The molecule has 0 heterocycles. The third-order valence-electron chi connectivity index (χ3n) is 1.04. The van der Waals surface area contributed by atoms with Crippen molar-refractivity contribution in [2.75, 3.05) is 0 Å². The lowest BCUT2D eigenvalue weighted by Crippen LogP contribution is -2.19. The molecule has 0 aromatic rings. The van der Waals surface area contributed by atoms with Crippen LogP contribution in [0.2, 0.25) is 0 Å². The summed E-state index contributed by atoms with van der Waals surface area (Å²) in [6.07, 6.45) is -12.1. The van der Waals surface area contributed by atoms with Crippen molar-refractivity contribution in [3.63, 3.8) is 0 Å². The van der Waals surface area contributed by atoms with E-state index >= 15 is 0 Å². The van der Waals surface area contributed by atoms with Crippen molar-refractivity contribution in [1.29, 1.82) is 0 Å². The van der Waals surface area contributed by atoms with E-state index in [9.17, 15) is 26.3 Å². The Morgan fingerprint density at radius 2 is 1.08 bits per heavy atom. The van der Waals surface area contributed by atoms with Crippen LogP contribution in [0, 0.1) is 12.8 Å². The zero-order valence-electron chi connectivity index (χ0n) is 5.97. The summed E-state index contributed by atoms with van der Waals surface area (Å²) in [6, 6.07) is 0. The first-order valence-corrected chi connectivity index (χ1v) is 3.07. The van der Waals surface area contributed by atoms with Gasteiger partial charge in [0.25, 0.3) is 0 Å². The maximum atomic E-state index is 11.5. The van der Waals surface area contributed by atoms with E-state index in [1.54, 1.807) is 0 Å². The second-order valence-corrected chi connectivity index (χ2v) is 2.50. The van der Waals surface area contributed by atoms with Crippen molar-refractivity contribution in [3.8, 4) is 0 Å². The van der Waals surface area contributed by atoms with Gasteiger partial charge in [-0.05, 0) is 12.8 Å². The van der Waals surface area contributed by atoms with Crippen LogP contribution >= 0.6 is 0 Å². The average molecular weight is 193 g/mol. The van der Waals surface area contributed by atoms with Crippen LogP contribution in [-0.2, 0) is 0 Å². The first kappa shape index (κ1) is 11.6. The van der Waals surface area contributed by atoms with Crippen LogP contribution in [0.5, 0.6) is 0 Å². The van der Waals surface area contributed by atoms with Crippen LogP contribution in [0.1, 0.15) is 12.8 Å². The fourth-order valence-corrected chi connectivity index (χ4v) is 0.727. The lowest BCUT2D eigenvalue weighted by Gasteiger charge is -2.15. The fraction of sp³-hybridized carbons (Fsp3) is 0.833. The summed E-state index contributed by atoms with van der Waals surface area (Å²) >= 11 is 0. The van der Waals surface area contributed by atoms with Gasteiger partial charge in [-0.25, -0.2) is 0 Å². The molecule has 0 saturated carbocycles. The van der Waals surface area contributed by atoms with E-state index in [1.807, 2.05) is 0 Å². The molecule has 0 N–H and O–H groups in total. The highest BCUT2D eigenvalue weighted by atomic mass is 19.4. The zero-order valence-corrected chi connectivity index (χ0v) is 5.97. The van der Waals surface area contributed by atoms with E-state index in [1.165, 1.54) is 0 Å². The molecule has 0 rings (SSSR count). The van der Waals surface area contributed by atoms with Crippen molar-refractivity contribution in [3.05, 3.63) is 6.92 Å². The van der Waals surface area contributed by atoms with E-state index in [0.717, 1.165) is 0 Å². The maximum Gasteiger partial charge on any atom is 0.389 e. The average Bonchev–Trinajstić information content (AvgIpc) is 1.49. The number of rotatable bonds is 2. The molecule has 12 heavy (non-hydrogen) atoms. The molecule has 0 aliphatic heterocycles. The Bertz CT molecular complexity index is 116. The van der Waals surface area contributed by atoms with Gasteiger partial charge in [0.15, 0.2) is 0 Å². The minimum Gasteiger partial charge on any atom is -0.171 e. The highest BCUT2D eigenvalue weighted by Gasteiger charge is 2.36. The summed E-state index contributed by atoms with van der Waals surface area (Å²) in [5.41, 5.74) is 0. The van der Waals surface area contributed by atoms with Crippen molar-refractivity contribution in [2.24, 2.45) is 5.92 Å². The molecule has 0 spiro atoms. The monoisotopic (exact) mass is 193 g/mol. The summed E-state index contributed by atoms with van der Waals surface area (Å²) in [5, 5.41) is 0. The molecule has 0 bridgehead atoms. The third kappa shape index (κ3) is 7.68. The Kier molecular flexibility index (Phi) is 3.41. The van der Waals surface area contributed by atoms with Gasteiger partial charge in [0, 0.05) is 12.8 Å². The van der Waals surface area contributed by atoms with Crippen LogP contribution in [0.25, 0.3) is 0 Å². The molecular weight excluding hydrogens is 186 g/mol. The topological polar surface area (TPSA) is 0 Å². The molecule has 73 valence electrons. The minimum atomic E-state index is -4.57. The van der Waals surface area contributed by atoms with Crippen molar-refractivity contribution < 1.29 is 26.3 Å². The van der Waals surface area contributed by atoms with Gasteiger partial charge in [0.2, 0.25) is 0 Å². The van der Waals surface area contributed by atoms with Gasteiger partial charge in [-0.1, -0.05) is 0 Å². The highest BCUT2D eigenvalue weighted by molar-refractivity contribution is 4.69. The second kappa shape index (κ2) is 3.53. The van der Waals surface area contributed by atoms with Crippen LogP contribution in [0.3, 0.4) is 0 Å². The van der Waals surface area contributed by atoms with Gasteiger partial charge in [-0.3, -0.25) is 0 Å². The van der Waals surface area contributed by atoms with E-state index in [4.69, 9.17) is 0 Å². The molecule has 0 aromatic heterocycles. The molecule has 0 nitrogen and oxygen atoms in total. The molecule has 0 amide bonds. The Morgan fingerprint density at radius 3 is 1.25 bits per heavy atom. The highest BCUT2D eigenvalue weighted by Crippen LogP contribution is 2.31. The van der Waals surface area contributed by atoms with Crippen molar-refractivity contribution in [2.45, 2.75) is 25.2 Å².